The summed E-state index contributed by atoms with van der Waals surface area (Å²) in [6.07, 6.45) is -3.31. The van der Waals surface area contributed by atoms with Gasteiger partial charge in [0.15, 0.2) is 11.4 Å². The highest BCUT2D eigenvalue weighted by Crippen LogP contribution is 2.39. The molecule has 0 unspecified atom stereocenters. The number of rotatable bonds is 7. The summed E-state index contributed by atoms with van der Waals surface area (Å²) in [5.74, 6) is -1.14. The molecule has 17 heteroatoms. The highest BCUT2D eigenvalue weighted by molar-refractivity contribution is 7.89. The zero-order chi connectivity index (χ0) is 27.9. The van der Waals surface area contributed by atoms with E-state index >= 15 is 0 Å². The van der Waals surface area contributed by atoms with Crippen molar-refractivity contribution in [2.75, 3.05) is 13.6 Å². The molecule has 0 spiro atoms. The lowest BCUT2D eigenvalue weighted by molar-refractivity contribution is -0.126. The standard InChI is InChI=1S/C21H17Cl2F2N5O7S/c1-29-8-9(4-16(29)32)28-38(35,36)15-7-11(2-3-14(15)31)37-18-12(22)5-10(6-13(18)23)30-21(34)26-20(33)17(27-30)19(24)25/h2-3,5-7,9,19,28,31H,4,8H2,1H3,(H,26,33,34)/t9-/m1/s1. The first-order valence-electron chi connectivity index (χ1n) is 10.5. The third-order valence-corrected chi connectivity index (χ3v) is 7.50. The van der Waals surface area contributed by atoms with Gasteiger partial charge in [0.25, 0.3) is 12.0 Å². The summed E-state index contributed by atoms with van der Waals surface area (Å²) < 4.78 is 60.3. The molecule has 1 aliphatic heterocycles. The Balaban J connectivity index is 1.65. The van der Waals surface area contributed by atoms with Crippen molar-refractivity contribution in [3.05, 3.63) is 66.9 Å². The Morgan fingerprint density at radius 3 is 2.42 bits per heavy atom. The molecule has 3 aromatic rings. The number of likely N-dealkylation sites (N-methyl/N-ethyl adjacent to an activating group) is 1. The predicted molar refractivity (Wildman–Crippen MR) is 130 cm³/mol. The van der Waals surface area contributed by atoms with Crippen molar-refractivity contribution < 1.29 is 31.8 Å². The van der Waals surface area contributed by atoms with Crippen molar-refractivity contribution in [3.63, 3.8) is 0 Å². The number of phenolic OH excluding ortho intramolecular Hbond substituents is 1. The smallest absolute Gasteiger partial charge is 0.349 e. The number of aromatic hydroxyl groups is 1. The molecular formula is C21H17Cl2F2N5O7S. The molecular weight excluding hydrogens is 575 g/mol. The minimum Gasteiger partial charge on any atom is -0.507 e. The first kappa shape index (κ1) is 27.5. The van der Waals surface area contributed by atoms with Crippen molar-refractivity contribution in [1.82, 2.24) is 24.4 Å². The van der Waals surface area contributed by atoms with E-state index in [0.29, 0.717) is 4.68 Å². The van der Waals surface area contributed by atoms with E-state index in [9.17, 15) is 36.7 Å². The van der Waals surface area contributed by atoms with Crippen LogP contribution in [0.4, 0.5) is 8.78 Å². The molecule has 0 aliphatic carbocycles. The van der Waals surface area contributed by atoms with Gasteiger partial charge in [-0.3, -0.25) is 14.6 Å². The molecule has 1 atom stereocenters. The van der Waals surface area contributed by atoms with Crippen LogP contribution in [-0.2, 0) is 14.8 Å². The number of ether oxygens (including phenoxy) is 1. The number of carbonyl (C=O) groups is 1. The summed E-state index contributed by atoms with van der Waals surface area (Å²) in [4.78, 5) is 37.9. The molecule has 1 aliphatic rings. The average molecular weight is 592 g/mol. The summed E-state index contributed by atoms with van der Waals surface area (Å²) in [6.45, 7) is 0.151. The Kier molecular flexibility index (Phi) is 7.47. The summed E-state index contributed by atoms with van der Waals surface area (Å²) in [5, 5.41) is 13.1. The first-order valence-corrected chi connectivity index (χ1v) is 12.8. The molecule has 1 fully saturated rings. The second kappa shape index (κ2) is 10.3. The van der Waals surface area contributed by atoms with E-state index in [4.69, 9.17) is 27.9 Å². The highest BCUT2D eigenvalue weighted by Gasteiger charge is 2.32. The lowest BCUT2D eigenvalue weighted by atomic mass is 10.3. The molecule has 2 heterocycles. The second-order valence-corrected chi connectivity index (χ2v) is 10.6. The molecule has 1 aromatic heterocycles. The number of H-pyrrole nitrogens is 1. The summed E-state index contributed by atoms with van der Waals surface area (Å²) >= 11 is 12.5. The van der Waals surface area contributed by atoms with Gasteiger partial charge >= 0.3 is 5.69 Å². The van der Waals surface area contributed by atoms with E-state index in [2.05, 4.69) is 9.82 Å². The number of aromatic nitrogens is 3. The Bertz CT molecular complexity index is 1640. The number of nitrogens with one attached hydrogen (secondary N) is 2. The largest absolute Gasteiger partial charge is 0.507 e. The fourth-order valence-corrected chi connectivity index (χ4v) is 5.50. The third kappa shape index (κ3) is 5.50. The number of alkyl halides is 2. The molecule has 38 heavy (non-hydrogen) atoms. The lowest BCUT2D eigenvalue weighted by Gasteiger charge is -2.16. The van der Waals surface area contributed by atoms with Gasteiger partial charge in [-0.25, -0.2) is 26.7 Å². The predicted octanol–water partition coefficient (Wildman–Crippen LogP) is 2.17. The number of phenols is 1. The van der Waals surface area contributed by atoms with Crippen molar-refractivity contribution in [1.29, 1.82) is 0 Å². The Labute approximate surface area is 222 Å². The van der Waals surface area contributed by atoms with Gasteiger partial charge in [0.05, 0.1) is 15.7 Å². The van der Waals surface area contributed by atoms with Crippen LogP contribution in [0.1, 0.15) is 18.5 Å². The van der Waals surface area contributed by atoms with Crippen LogP contribution in [0.3, 0.4) is 0 Å². The van der Waals surface area contributed by atoms with Crippen molar-refractivity contribution in [3.8, 4) is 22.9 Å². The van der Waals surface area contributed by atoms with E-state index in [1.807, 2.05) is 0 Å². The first-order chi connectivity index (χ1) is 17.8. The lowest BCUT2D eigenvalue weighted by Crippen LogP contribution is -2.36. The molecule has 202 valence electrons. The van der Waals surface area contributed by atoms with Gasteiger partial charge in [-0.05, 0) is 24.3 Å². The maximum absolute atomic E-state index is 13.1. The van der Waals surface area contributed by atoms with Crippen LogP contribution in [0.25, 0.3) is 5.69 Å². The number of carbonyl (C=O) groups excluding carboxylic acids is 1. The van der Waals surface area contributed by atoms with Crippen LogP contribution in [0.2, 0.25) is 10.0 Å². The van der Waals surface area contributed by atoms with Crippen LogP contribution in [0, 0.1) is 0 Å². The SMILES string of the molecule is CN1C[C@H](NS(=O)(=O)c2cc(Oc3c(Cl)cc(-n4nc(C(F)F)c(=O)[nH]c4=O)cc3Cl)ccc2O)CC1=O. The number of likely N-dealkylation sites (tertiary alicyclic amines) is 1. The Hall–Kier alpha value is -3.53. The van der Waals surface area contributed by atoms with Gasteiger partial charge in [0, 0.05) is 32.1 Å². The number of amides is 1. The van der Waals surface area contributed by atoms with Gasteiger partial charge in [-0.1, -0.05) is 23.2 Å². The number of hydrogen-bond acceptors (Lipinski definition) is 8. The van der Waals surface area contributed by atoms with Gasteiger partial charge in [0.2, 0.25) is 15.9 Å². The van der Waals surface area contributed by atoms with Gasteiger partial charge in [-0.2, -0.15) is 9.78 Å². The summed E-state index contributed by atoms with van der Waals surface area (Å²) in [5.41, 5.74) is -3.85. The van der Waals surface area contributed by atoms with Crippen LogP contribution in [-0.4, -0.2) is 58.7 Å². The van der Waals surface area contributed by atoms with Gasteiger partial charge < -0.3 is 14.7 Å². The number of nitrogens with zero attached hydrogens (tertiary/aromatic N) is 3. The summed E-state index contributed by atoms with van der Waals surface area (Å²) in [6, 6.07) is 4.78. The molecule has 1 saturated heterocycles. The third-order valence-electron chi connectivity index (χ3n) is 5.39. The van der Waals surface area contributed by atoms with Crippen LogP contribution in [0.5, 0.6) is 17.2 Å². The highest BCUT2D eigenvalue weighted by atomic mass is 35.5. The fraction of sp³-hybridized carbons (Fsp3) is 0.238. The Morgan fingerprint density at radius 2 is 1.84 bits per heavy atom. The number of aromatic amines is 1. The number of benzene rings is 2. The van der Waals surface area contributed by atoms with Crippen molar-refractivity contribution >= 4 is 39.1 Å². The number of hydrogen-bond donors (Lipinski definition) is 3. The average Bonchev–Trinajstić information content (AvgIpc) is 3.12. The Morgan fingerprint density at radius 1 is 1.18 bits per heavy atom. The molecule has 0 bridgehead atoms. The van der Waals surface area contributed by atoms with E-state index in [-0.39, 0.29) is 46.1 Å². The molecule has 4 rings (SSSR count). The molecule has 0 radical (unpaired) electrons. The minimum absolute atomic E-state index is 0.0453. The normalized spacial score (nSPS) is 15.9. The maximum atomic E-state index is 13.1. The van der Waals surface area contributed by atoms with Gasteiger partial charge in [0.1, 0.15) is 16.4 Å². The van der Waals surface area contributed by atoms with E-state index < -0.39 is 50.1 Å². The quantitative estimate of drug-likeness (QED) is 0.376. The monoisotopic (exact) mass is 591 g/mol. The van der Waals surface area contributed by atoms with E-state index in [0.717, 1.165) is 24.3 Å². The fourth-order valence-electron chi connectivity index (χ4n) is 3.61. The number of sulfonamides is 1. The molecule has 12 nitrogen and oxygen atoms in total. The van der Waals surface area contributed by atoms with Crippen molar-refractivity contribution in [2.24, 2.45) is 0 Å². The number of halogens is 4. The maximum Gasteiger partial charge on any atom is 0.349 e. The van der Waals surface area contributed by atoms with Crippen LogP contribution < -0.4 is 20.7 Å². The second-order valence-electron chi connectivity index (χ2n) is 8.12. The zero-order valence-corrected chi connectivity index (χ0v) is 21.4. The molecule has 2 aromatic carbocycles. The molecule has 1 amide bonds. The van der Waals surface area contributed by atoms with Crippen LogP contribution in [0.15, 0.2) is 44.8 Å². The van der Waals surface area contributed by atoms with E-state index in [1.165, 1.54) is 18.0 Å². The topological polar surface area (TPSA) is 164 Å². The minimum atomic E-state index is -4.28. The molecule has 3 N–H and O–H groups in total. The van der Waals surface area contributed by atoms with Crippen molar-refractivity contribution in [2.45, 2.75) is 23.8 Å². The summed E-state index contributed by atoms with van der Waals surface area (Å²) in [7, 11) is -2.75. The van der Waals surface area contributed by atoms with Gasteiger partial charge in [-0.15, -0.1) is 0 Å². The molecule has 0 saturated carbocycles. The van der Waals surface area contributed by atoms with Crippen LogP contribution >= 0.6 is 23.2 Å². The van der Waals surface area contributed by atoms with E-state index in [1.54, 1.807) is 4.98 Å². The zero-order valence-electron chi connectivity index (χ0n) is 19.1.